The van der Waals surface area contributed by atoms with Crippen LogP contribution in [0, 0.1) is 35.8 Å². The average Bonchev–Trinajstić information content (AvgIpc) is 3.79. The predicted octanol–water partition coefficient (Wildman–Crippen LogP) is 9.98. The topological polar surface area (TPSA) is 65.1 Å². The molecular formula is C38H14N6. The number of nitriles is 2. The summed E-state index contributed by atoms with van der Waals surface area (Å²) in [6.07, 6.45) is 0. The Labute approximate surface area is 248 Å². The number of rotatable bonds is 0. The Bertz CT molecular complexity index is 2930. The van der Waals surface area contributed by atoms with Crippen LogP contribution in [0.2, 0.25) is 0 Å². The maximum absolute atomic E-state index is 9.79. The molecule has 4 aromatic heterocycles. The summed E-state index contributed by atoms with van der Waals surface area (Å²) in [6.45, 7) is 15.4. The SMILES string of the molecule is [C-]#[N+]c1ccc2c3cc4c(cc5c6ccc(C#N)cc6n6c7cc(C#N)ccc7c4c56)c4c5ccc([N+]#[C-])cc5n(c2c1)c34. The lowest BCUT2D eigenvalue weighted by Crippen LogP contribution is -1.83. The molecule has 6 heteroatoms. The van der Waals surface area contributed by atoms with Crippen molar-refractivity contribution < 1.29 is 0 Å². The number of fused-ring (bicyclic) bond motifs is 15. The smallest absolute Gasteiger partial charge is 0.189 e. The third kappa shape index (κ3) is 2.46. The first-order chi connectivity index (χ1) is 21.6. The van der Waals surface area contributed by atoms with Crippen molar-refractivity contribution in [1.29, 1.82) is 10.5 Å². The highest BCUT2D eigenvalue weighted by atomic mass is 14.9. The highest BCUT2D eigenvalue weighted by Crippen LogP contribution is 2.49. The Hall–Kier alpha value is -6.86. The van der Waals surface area contributed by atoms with Gasteiger partial charge in [0.05, 0.1) is 58.5 Å². The van der Waals surface area contributed by atoms with Crippen molar-refractivity contribution in [1.82, 2.24) is 8.80 Å². The van der Waals surface area contributed by atoms with Crippen LogP contribution in [0.25, 0.3) is 96.7 Å². The molecule has 0 aliphatic heterocycles. The minimum Gasteiger partial charge on any atom is -0.311 e. The molecule has 0 saturated heterocycles. The largest absolute Gasteiger partial charge is 0.311 e. The fourth-order valence-electron chi connectivity index (χ4n) is 7.68. The number of nitrogens with zero attached hydrogens (tertiary/aromatic N) is 6. The van der Waals surface area contributed by atoms with Gasteiger partial charge < -0.3 is 8.80 Å². The van der Waals surface area contributed by atoms with Crippen molar-refractivity contribution in [2.45, 2.75) is 0 Å². The Morgan fingerprint density at radius 2 is 0.864 bits per heavy atom. The fraction of sp³-hybridized carbons (Fsp3) is 0. The summed E-state index contributed by atoms with van der Waals surface area (Å²) in [6, 6.07) is 32.5. The van der Waals surface area contributed by atoms with Gasteiger partial charge in [-0.15, -0.1) is 0 Å². The maximum Gasteiger partial charge on any atom is 0.189 e. The van der Waals surface area contributed by atoms with Crippen molar-refractivity contribution in [2.24, 2.45) is 0 Å². The number of aromatic nitrogens is 2. The van der Waals surface area contributed by atoms with E-state index in [0.29, 0.717) is 22.5 Å². The Balaban J connectivity index is 1.57. The van der Waals surface area contributed by atoms with Gasteiger partial charge in [0, 0.05) is 54.1 Å². The Morgan fingerprint density at radius 3 is 1.36 bits per heavy atom. The fourth-order valence-corrected chi connectivity index (χ4v) is 7.68. The third-order valence-corrected chi connectivity index (χ3v) is 9.39. The van der Waals surface area contributed by atoms with Gasteiger partial charge in [0.15, 0.2) is 11.4 Å². The van der Waals surface area contributed by atoms with Gasteiger partial charge in [-0.3, -0.25) is 0 Å². The van der Waals surface area contributed by atoms with Crippen molar-refractivity contribution in [3.63, 3.8) is 0 Å². The number of hydrogen-bond donors (Lipinski definition) is 0. The molecule has 6 aromatic carbocycles. The molecule has 0 atom stereocenters. The van der Waals surface area contributed by atoms with Gasteiger partial charge >= 0.3 is 0 Å². The van der Waals surface area contributed by atoms with Gasteiger partial charge in [-0.05, 0) is 59.3 Å². The molecule has 6 nitrogen and oxygen atoms in total. The van der Waals surface area contributed by atoms with Gasteiger partial charge in [0.2, 0.25) is 0 Å². The van der Waals surface area contributed by atoms with E-state index in [-0.39, 0.29) is 0 Å². The van der Waals surface area contributed by atoms with Crippen molar-refractivity contribution in [3.05, 3.63) is 119 Å². The van der Waals surface area contributed by atoms with E-state index in [1.807, 2.05) is 72.8 Å². The van der Waals surface area contributed by atoms with E-state index >= 15 is 0 Å². The molecule has 0 radical (unpaired) electrons. The van der Waals surface area contributed by atoms with Crippen molar-refractivity contribution >= 4 is 98.3 Å². The molecule has 10 aromatic rings. The van der Waals surface area contributed by atoms with Crippen LogP contribution in [0.4, 0.5) is 11.4 Å². The van der Waals surface area contributed by atoms with E-state index in [0.717, 1.165) is 87.0 Å². The second-order valence-electron chi connectivity index (χ2n) is 11.4. The van der Waals surface area contributed by atoms with Gasteiger partial charge in [-0.1, -0.05) is 36.4 Å². The molecule has 4 heterocycles. The van der Waals surface area contributed by atoms with Crippen LogP contribution in [-0.2, 0) is 0 Å². The molecule has 0 aliphatic rings. The van der Waals surface area contributed by atoms with Crippen LogP contribution in [-0.4, -0.2) is 8.80 Å². The summed E-state index contributed by atoms with van der Waals surface area (Å²) >= 11 is 0. The Morgan fingerprint density at radius 1 is 0.455 bits per heavy atom. The van der Waals surface area contributed by atoms with Crippen molar-refractivity contribution in [2.75, 3.05) is 0 Å². The minimum absolute atomic E-state index is 0.566. The first kappa shape index (κ1) is 22.8. The second kappa shape index (κ2) is 7.50. The number of hydrogen-bond acceptors (Lipinski definition) is 2. The van der Waals surface area contributed by atoms with Crippen LogP contribution in [0.15, 0.2) is 84.9 Å². The minimum atomic E-state index is 0.566. The third-order valence-electron chi connectivity index (χ3n) is 9.39. The highest BCUT2D eigenvalue weighted by Gasteiger charge is 2.25. The molecule has 0 spiro atoms. The lowest BCUT2D eigenvalue weighted by atomic mass is 9.94. The zero-order chi connectivity index (χ0) is 29.4. The zero-order valence-corrected chi connectivity index (χ0v) is 22.8. The lowest BCUT2D eigenvalue weighted by molar-refractivity contribution is 1.36. The van der Waals surface area contributed by atoms with Crippen LogP contribution in [0.5, 0.6) is 0 Å². The quantitative estimate of drug-likeness (QED) is 0.175. The van der Waals surface area contributed by atoms with Crippen LogP contribution < -0.4 is 0 Å². The summed E-state index contributed by atoms with van der Waals surface area (Å²) in [5, 5.41) is 30.3. The molecule has 44 heavy (non-hydrogen) atoms. The standard InChI is InChI=1S/C38H14N6/c1-41-21-5-9-24-30-16-27-28(36-26-10-6-22(42-2)14-34(26)44(38(30)36)33(24)13-21)15-29-23-7-3-19(17-39)11-31(23)43-32-12-20(18-40)4-8-25(32)35(27)37(29)43/h3-16H. The number of benzene rings is 6. The molecule has 0 unspecified atom stereocenters. The summed E-state index contributed by atoms with van der Waals surface area (Å²) < 4.78 is 4.43. The first-order valence-electron chi connectivity index (χ1n) is 14.0. The normalized spacial score (nSPS) is 12.0. The molecule has 0 N–H and O–H groups in total. The van der Waals surface area contributed by atoms with Crippen LogP contribution >= 0.6 is 0 Å². The summed E-state index contributed by atoms with van der Waals surface area (Å²) in [7, 11) is 0. The average molecular weight is 555 g/mol. The molecule has 0 amide bonds. The summed E-state index contributed by atoms with van der Waals surface area (Å²) in [4.78, 5) is 7.45. The van der Waals surface area contributed by atoms with E-state index in [9.17, 15) is 10.5 Å². The zero-order valence-electron chi connectivity index (χ0n) is 22.8. The Kier molecular flexibility index (Phi) is 3.88. The molecule has 196 valence electrons. The highest BCUT2D eigenvalue weighted by molar-refractivity contribution is 6.39. The van der Waals surface area contributed by atoms with Gasteiger partial charge in [-0.2, -0.15) is 10.5 Å². The molecule has 0 bridgehead atoms. The van der Waals surface area contributed by atoms with E-state index in [4.69, 9.17) is 13.1 Å². The van der Waals surface area contributed by atoms with E-state index in [1.165, 1.54) is 0 Å². The van der Waals surface area contributed by atoms with Gasteiger partial charge in [-0.25, -0.2) is 9.69 Å². The molecule has 0 aliphatic carbocycles. The lowest BCUT2D eigenvalue weighted by Gasteiger charge is -2.07. The van der Waals surface area contributed by atoms with Crippen LogP contribution in [0.3, 0.4) is 0 Å². The van der Waals surface area contributed by atoms with E-state index in [2.05, 4.69) is 42.8 Å². The van der Waals surface area contributed by atoms with Crippen LogP contribution in [0.1, 0.15) is 11.1 Å². The summed E-state index contributed by atoms with van der Waals surface area (Å²) in [5.74, 6) is 0. The van der Waals surface area contributed by atoms with Gasteiger partial charge in [0.1, 0.15) is 0 Å². The first-order valence-corrected chi connectivity index (χ1v) is 14.0. The van der Waals surface area contributed by atoms with E-state index in [1.54, 1.807) is 0 Å². The molecular weight excluding hydrogens is 540 g/mol. The predicted molar refractivity (Wildman–Crippen MR) is 175 cm³/mol. The molecule has 0 fully saturated rings. The van der Waals surface area contributed by atoms with Gasteiger partial charge in [0.25, 0.3) is 0 Å². The summed E-state index contributed by atoms with van der Waals surface area (Å²) in [5.41, 5.74) is 8.21. The monoisotopic (exact) mass is 554 g/mol. The second-order valence-corrected chi connectivity index (χ2v) is 11.4. The van der Waals surface area contributed by atoms with Crippen molar-refractivity contribution in [3.8, 4) is 12.1 Å². The molecule has 0 saturated carbocycles. The van der Waals surface area contributed by atoms with E-state index < -0.39 is 0 Å². The molecule has 10 rings (SSSR count). The maximum atomic E-state index is 9.79.